The molecule has 0 fully saturated rings. The summed E-state index contributed by atoms with van der Waals surface area (Å²) >= 11 is 0. The Morgan fingerprint density at radius 2 is 1.69 bits per heavy atom. The highest BCUT2D eigenvalue weighted by atomic mass is 19.1. The van der Waals surface area contributed by atoms with Crippen LogP contribution in [0.3, 0.4) is 0 Å². The minimum Gasteiger partial charge on any atom is -0.490 e. The van der Waals surface area contributed by atoms with Gasteiger partial charge in [-0.25, -0.2) is 4.39 Å². The summed E-state index contributed by atoms with van der Waals surface area (Å²) in [6, 6.07) is 2.56. The third-order valence-electron chi connectivity index (χ3n) is 3.68. The summed E-state index contributed by atoms with van der Waals surface area (Å²) in [6.45, 7) is 8.99. The molecule has 0 aromatic heterocycles. The molecule has 1 aromatic rings. The molecule has 0 aliphatic heterocycles. The Hall–Kier alpha value is -2.31. The molecule has 0 atom stereocenters. The molecule has 1 aromatic carbocycles. The molecule has 1 amide bonds. The number of ether oxygens (including phenoxy) is 3. The third kappa shape index (κ3) is 6.54. The van der Waals surface area contributed by atoms with Crippen LogP contribution in [-0.4, -0.2) is 49.7 Å². The highest BCUT2D eigenvalue weighted by molar-refractivity contribution is 5.78. The van der Waals surface area contributed by atoms with Gasteiger partial charge in [0, 0.05) is 24.7 Å². The van der Waals surface area contributed by atoms with Gasteiger partial charge >= 0.3 is 5.97 Å². The van der Waals surface area contributed by atoms with Gasteiger partial charge in [-0.2, -0.15) is 0 Å². The maximum absolute atomic E-state index is 14.3. The molecular formula is C19H28FNO5. The molecule has 0 N–H and O–H groups in total. The lowest BCUT2D eigenvalue weighted by Crippen LogP contribution is -2.34. The van der Waals surface area contributed by atoms with E-state index >= 15 is 0 Å². The van der Waals surface area contributed by atoms with Crippen LogP contribution in [0, 0.1) is 5.82 Å². The Morgan fingerprint density at radius 3 is 2.27 bits per heavy atom. The predicted octanol–water partition coefficient (Wildman–Crippen LogP) is 2.97. The molecule has 0 unspecified atom stereocenters. The number of amides is 1. The van der Waals surface area contributed by atoms with Gasteiger partial charge in [0.25, 0.3) is 5.91 Å². The molecule has 1 rings (SSSR count). The highest BCUT2D eigenvalue weighted by Crippen LogP contribution is 2.31. The molecule has 146 valence electrons. The Kier molecular flexibility index (Phi) is 9.47. The molecule has 7 heteroatoms. The molecular weight excluding hydrogens is 341 g/mol. The van der Waals surface area contributed by atoms with Crippen LogP contribution in [0.4, 0.5) is 4.39 Å². The van der Waals surface area contributed by atoms with Crippen molar-refractivity contribution in [3.63, 3.8) is 0 Å². The van der Waals surface area contributed by atoms with E-state index in [1.807, 2.05) is 20.8 Å². The first kappa shape index (κ1) is 21.7. The molecule has 0 saturated heterocycles. The van der Waals surface area contributed by atoms with Crippen LogP contribution in [-0.2, 0) is 20.7 Å². The van der Waals surface area contributed by atoms with Gasteiger partial charge in [-0.1, -0.05) is 6.92 Å². The quantitative estimate of drug-likeness (QED) is 0.561. The monoisotopic (exact) mass is 369 g/mol. The molecule has 26 heavy (non-hydrogen) atoms. The Morgan fingerprint density at radius 1 is 1.04 bits per heavy atom. The van der Waals surface area contributed by atoms with Gasteiger partial charge in [0.15, 0.2) is 18.1 Å². The van der Waals surface area contributed by atoms with Gasteiger partial charge in [0.2, 0.25) is 0 Å². The van der Waals surface area contributed by atoms with Crippen LogP contribution in [0.15, 0.2) is 12.1 Å². The molecule has 0 bridgehead atoms. The SMILES string of the molecule is CCCOC(=O)Cc1cc(OCC)c(OCC(=O)N(CC)CC)cc1F. The van der Waals surface area contributed by atoms with E-state index in [2.05, 4.69) is 0 Å². The molecule has 0 radical (unpaired) electrons. The van der Waals surface area contributed by atoms with E-state index in [0.29, 0.717) is 38.5 Å². The van der Waals surface area contributed by atoms with E-state index in [9.17, 15) is 14.0 Å². The highest BCUT2D eigenvalue weighted by Gasteiger charge is 2.17. The van der Waals surface area contributed by atoms with E-state index in [1.54, 1.807) is 11.8 Å². The second kappa shape index (κ2) is 11.3. The minimum atomic E-state index is -0.604. The number of benzene rings is 1. The van der Waals surface area contributed by atoms with Gasteiger partial charge in [-0.3, -0.25) is 9.59 Å². The zero-order chi connectivity index (χ0) is 19.5. The Labute approximate surface area is 154 Å². The average Bonchev–Trinajstić information content (AvgIpc) is 2.62. The maximum atomic E-state index is 14.3. The zero-order valence-electron chi connectivity index (χ0n) is 16.0. The van der Waals surface area contributed by atoms with E-state index in [4.69, 9.17) is 14.2 Å². The van der Waals surface area contributed by atoms with Gasteiger partial charge in [-0.15, -0.1) is 0 Å². The van der Waals surface area contributed by atoms with Gasteiger partial charge in [0.1, 0.15) is 5.82 Å². The second-order valence-corrected chi connectivity index (χ2v) is 5.58. The van der Waals surface area contributed by atoms with Crippen molar-refractivity contribution in [2.75, 3.05) is 32.9 Å². The van der Waals surface area contributed by atoms with Crippen LogP contribution in [0.1, 0.15) is 39.7 Å². The molecule has 0 spiro atoms. The summed E-state index contributed by atoms with van der Waals surface area (Å²) < 4.78 is 30.3. The molecule has 0 aliphatic carbocycles. The summed E-state index contributed by atoms with van der Waals surface area (Å²) in [5.74, 6) is -0.870. The van der Waals surface area contributed by atoms with Crippen molar-refractivity contribution in [2.45, 2.75) is 40.5 Å². The number of carbonyl (C=O) groups is 2. The fourth-order valence-electron chi connectivity index (χ4n) is 2.32. The van der Waals surface area contributed by atoms with Crippen molar-refractivity contribution < 1.29 is 28.2 Å². The Bertz CT molecular complexity index is 602. The smallest absolute Gasteiger partial charge is 0.310 e. The summed E-state index contributed by atoms with van der Waals surface area (Å²) in [6.07, 6.45) is 0.510. The van der Waals surface area contributed by atoms with Crippen molar-refractivity contribution in [1.82, 2.24) is 4.90 Å². The summed E-state index contributed by atoms with van der Waals surface area (Å²) in [5.41, 5.74) is 0.164. The van der Waals surface area contributed by atoms with Crippen LogP contribution in [0.5, 0.6) is 11.5 Å². The van der Waals surface area contributed by atoms with Crippen LogP contribution in [0.25, 0.3) is 0 Å². The largest absolute Gasteiger partial charge is 0.490 e. The molecule has 0 aliphatic rings. The predicted molar refractivity (Wildman–Crippen MR) is 95.9 cm³/mol. The Balaban J connectivity index is 2.90. The number of esters is 1. The number of halogens is 1. The lowest BCUT2D eigenvalue weighted by molar-refractivity contribution is -0.142. The standard InChI is InChI=1S/C19H28FNO5/c1-5-9-25-19(23)11-14-10-16(24-8-4)17(12-15(14)20)26-13-18(22)21(6-2)7-3/h10,12H,5-9,11,13H2,1-4H3. The fraction of sp³-hybridized carbons (Fsp3) is 0.579. The number of nitrogens with zero attached hydrogens (tertiary/aromatic N) is 1. The molecule has 0 saturated carbocycles. The molecule has 0 heterocycles. The van der Waals surface area contributed by atoms with E-state index < -0.39 is 11.8 Å². The number of rotatable bonds is 11. The first-order valence-electron chi connectivity index (χ1n) is 8.98. The summed E-state index contributed by atoms with van der Waals surface area (Å²) in [7, 11) is 0. The van der Waals surface area contributed by atoms with Crippen LogP contribution < -0.4 is 9.47 Å². The van der Waals surface area contributed by atoms with Crippen molar-refractivity contribution in [1.29, 1.82) is 0 Å². The van der Waals surface area contributed by atoms with Crippen molar-refractivity contribution in [3.05, 3.63) is 23.5 Å². The second-order valence-electron chi connectivity index (χ2n) is 5.58. The van der Waals surface area contributed by atoms with E-state index in [-0.39, 0.29) is 30.2 Å². The van der Waals surface area contributed by atoms with E-state index in [1.165, 1.54) is 6.07 Å². The maximum Gasteiger partial charge on any atom is 0.310 e. The number of likely N-dealkylation sites (N-methyl/N-ethyl adjacent to an activating group) is 1. The van der Waals surface area contributed by atoms with Gasteiger partial charge in [0.05, 0.1) is 19.6 Å². The average molecular weight is 369 g/mol. The lowest BCUT2D eigenvalue weighted by atomic mass is 10.1. The first-order chi connectivity index (χ1) is 12.5. The number of carbonyl (C=O) groups excluding carboxylic acids is 2. The fourth-order valence-corrected chi connectivity index (χ4v) is 2.32. The number of hydrogen-bond acceptors (Lipinski definition) is 5. The van der Waals surface area contributed by atoms with Crippen molar-refractivity contribution in [3.8, 4) is 11.5 Å². The van der Waals surface area contributed by atoms with Crippen LogP contribution >= 0.6 is 0 Å². The minimum absolute atomic E-state index is 0.135. The van der Waals surface area contributed by atoms with Gasteiger partial charge < -0.3 is 19.1 Å². The van der Waals surface area contributed by atoms with Crippen LogP contribution in [0.2, 0.25) is 0 Å². The van der Waals surface area contributed by atoms with E-state index in [0.717, 1.165) is 6.07 Å². The zero-order valence-corrected chi connectivity index (χ0v) is 16.0. The number of hydrogen-bond donors (Lipinski definition) is 0. The van der Waals surface area contributed by atoms with Gasteiger partial charge in [-0.05, 0) is 33.3 Å². The molecule has 6 nitrogen and oxygen atoms in total. The topological polar surface area (TPSA) is 65.1 Å². The summed E-state index contributed by atoms with van der Waals surface area (Å²) in [4.78, 5) is 25.4. The van der Waals surface area contributed by atoms with Crippen molar-refractivity contribution in [2.24, 2.45) is 0 Å². The lowest BCUT2D eigenvalue weighted by Gasteiger charge is -2.19. The summed E-state index contributed by atoms with van der Waals surface area (Å²) in [5, 5.41) is 0. The van der Waals surface area contributed by atoms with Crippen molar-refractivity contribution >= 4 is 11.9 Å². The third-order valence-corrected chi connectivity index (χ3v) is 3.68. The first-order valence-corrected chi connectivity index (χ1v) is 8.98. The normalized spacial score (nSPS) is 10.3.